The molecule has 3 rings (SSSR count). The first-order valence-electron chi connectivity index (χ1n) is 8.33. The Hall–Kier alpha value is -2.63. The van der Waals surface area contributed by atoms with Crippen LogP contribution in [0.15, 0.2) is 29.1 Å². The van der Waals surface area contributed by atoms with Crippen LogP contribution in [0.4, 0.5) is 11.6 Å². The molecule has 0 bridgehead atoms. The lowest BCUT2D eigenvalue weighted by Crippen LogP contribution is -2.22. The Balaban J connectivity index is 1.73. The van der Waals surface area contributed by atoms with Crippen molar-refractivity contribution in [3.63, 3.8) is 0 Å². The van der Waals surface area contributed by atoms with Gasteiger partial charge in [0.05, 0.1) is 17.9 Å². The highest BCUT2D eigenvalue weighted by Gasteiger charge is 2.15. The average molecular weight is 327 g/mol. The Bertz CT molecular complexity index is 781. The lowest BCUT2D eigenvalue weighted by atomic mass is 9.97. The molecule has 2 N–H and O–H groups in total. The fourth-order valence-corrected chi connectivity index (χ4v) is 2.77. The second-order valence-electron chi connectivity index (χ2n) is 5.89. The molecule has 1 aliphatic carbocycles. The van der Waals surface area contributed by atoms with Gasteiger partial charge in [0.2, 0.25) is 5.95 Å². The average Bonchev–Trinajstić information content (AvgIpc) is 2.60. The van der Waals surface area contributed by atoms with Gasteiger partial charge in [-0.1, -0.05) is 6.92 Å². The van der Waals surface area contributed by atoms with Crippen molar-refractivity contribution in [2.24, 2.45) is 0 Å². The highest BCUT2D eigenvalue weighted by Crippen LogP contribution is 2.19. The highest BCUT2D eigenvalue weighted by atomic mass is 16.5. The van der Waals surface area contributed by atoms with Crippen LogP contribution in [-0.4, -0.2) is 22.5 Å². The van der Waals surface area contributed by atoms with Gasteiger partial charge in [-0.15, -0.1) is 0 Å². The lowest BCUT2D eigenvalue weighted by Gasteiger charge is -2.15. The topological polar surface area (TPSA) is 84.1 Å². The largest absolute Gasteiger partial charge is 0.462 e. The first-order valence-corrected chi connectivity index (χ1v) is 8.33. The van der Waals surface area contributed by atoms with Crippen molar-refractivity contribution in [3.05, 3.63) is 51.4 Å². The van der Waals surface area contributed by atoms with Crippen molar-refractivity contribution in [1.82, 2.24) is 9.97 Å². The number of ether oxygens (including phenoxy) is 1. The van der Waals surface area contributed by atoms with Gasteiger partial charge < -0.3 is 10.1 Å². The first kappa shape index (κ1) is 16.2. The van der Waals surface area contributed by atoms with E-state index in [2.05, 4.69) is 15.3 Å². The number of aromatic amines is 1. The summed E-state index contributed by atoms with van der Waals surface area (Å²) in [6.07, 6.45) is 4.54. The summed E-state index contributed by atoms with van der Waals surface area (Å²) in [5.41, 5.74) is 2.87. The Morgan fingerprint density at radius 1 is 1.25 bits per heavy atom. The number of carbonyl (C=O) groups excluding carboxylic acids is 1. The zero-order valence-electron chi connectivity index (χ0n) is 13.7. The van der Waals surface area contributed by atoms with Crippen molar-refractivity contribution in [1.29, 1.82) is 0 Å². The normalized spacial score (nSPS) is 13.2. The second kappa shape index (κ2) is 7.29. The van der Waals surface area contributed by atoms with Gasteiger partial charge in [0.1, 0.15) is 0 Å². The Morgan fingerprint density at radius 3 is 2.75 bits per heavy atom. The summed E-state index contributed by atoms with van der Waals surface area (Å²) < 4.78 is 5.09. The Morgan fingerprint density at radius 2 is 2.00 bits per heavy atom. The van der Waals surface area contributed by atoms with Gasteiger partial charge in [0, 0.05) is 11.3 Å². The number of nitrogens with zero attached hydrogens (tertiary/aromatic N) is 1. The molecule has 0 unspecified atom stereocenters. The van der Waals surface area contributed by atoms with Gasteiger partial charge in [0.15, 0.2) is 0 Å². The van der Waals surface area contributed by atoms with Gasteiger partial charge in [-0.2, -0.15) is 0 Å². The van der Waals surface area contributed by atoms with Crippen LogP contribution < -0.4 is 10.9 Å². The second-order valence-corrected chi connectivity index (χ2v) is 5.89. The summed E-state index contributed by atoms with van der Waals surface area (Å²) in [7, 11) is 0. The smallest absolute Gasteiger partial charge is 0.338 e. The zero-order valence-corrected chi connectivity index (χ0v) is 13.7. The van der Waals surface area contributed by atoms with Gasteiger partial charge in [-0.05, 0) is 56.4 Å². The van der Waals surface area contributed by atoms with Gasteiger partial charge in [0.25, 0.3) is 5.56 Å². The van der Waals surface area contributed by atoms with E-state index < -0.39 is 0 Å². The molecule has 1 heterocycles. The van der Waals surface area contributed by atoms with Crippen LogP contribution in [0.3, 0.4) is 0 Å². The predicted molar refractivity (Wildman–Crippen MR) is 91.8 cm³/mol. The van der Waals surface area contributed by atoms with Gasteiger partial charge >= 0.3 is 5.97 Å². The third-order valence-corrected chi connectivity index (χ3v) is 4.01. The van der Waals surface area contributed by atoms with E-state index in [1.165, 1.54) is 0 Å². The molecule has 126 valence electrons. The summed E-state index contributed by atoms with van der Waals surface area (Å²) in [5, 5.41) is 3.09. The number of aromatic nitrogens is 2. The molecular formula is C18H21N3O3. The van der Waals surface area contributed by atoms with Crippen molar-refractivity contribution in [2.75, 3.05) is 11.9 Å². The van der Waals surface area contributed by atoms with Crippen LogP contribution in [0.1, 0.15) is 47.8 Å². The number of H-pyrrole nitrogens is 1. The Kier molecular flexibility index (Phi) is 4.93. The fourth-order valence-electron chi connectivity index (χ4n) is 2.77. The molecule has 6 nitrogen and oxygen atoms in total. The third kappa shape index (κ3) is 3.64. The van der Waals surface area contributed by atoms with Crippen LogP contribution in [0.2, 0.25) is 0 Å². The van der Waals surface area contributed by atoms with E-state index in [0.29, 0.717) is 18.1 Å². The minimum absolute atomic E-state index is 0.0676. The molecule has 24 heavy (non-hydrogen) atoms. The Labute approximate surface area is 140 Å². The van der Waals surface area contributed by atoms with E-state index in [0.717, 1.165) is 49.0 Å². The van der Waals surface area contributed by atoms with Crippen LogP contribution in [0.5, 0.6) is 0 Å². The first-order chi connectivity index (χ1) is 11.7. The van der Waals surface area contributed by atoms with Gasteiger partial charge in [-0.3, -0.25) is 9.78 Å². The SMILES string of the molecule is CCCOC(=O)c1ccc(Nc2nc3c(c(=O)[nH]2)CCCC3)cc1. The van der Waals surface area contributed by atoms with Crippen LogP contribution >= 0.6 is 0 Å². The summed E-state index contributed by atoms with van der Waals surface area (Å²) >= 11 is 0. The third-order valence-electron chi connectivity index (χ3n) is 4.01. The molecule has 0 fully saturated rings. The van der Waals surface area contributed by atoms with E-state index in [1.54, 1.807) is 24.3 Å². The van der Waals surface area contributed by atoms with Gasteiger partial charge in [-0.25, -0.2) is 9.78 Å². The van der Waals surface area contributed by atoms with E-state index >= 15 is 0 Å². The van der Waals surface area contributed by atoms with E-state index in [9.17, 15) is 9.59 Å². The molecule has 0 aliphatic heterocycles. The molecule has 1 aromatic carbocycles. The quantitative estimate of drug-likeness (QED) is 0.825. The summed E-state index contributed by atoms with van der Waals surface area (Å²) in [4.78, 5) is 31.2. The molecule has 1 aromatic heterocycles. The molecule has 0 saturated heterocycles. The molecule has 0 atom stereocenters. The number of anilines is 2. The minimum Gasteiger partial charge on any atom is -0.462 e. The van der Waals surface area contributed by atoms with E-state index in [1.807, 2.05) is 6.92 Å². The monoisotopic (exact) mass is 327 g/mol. The van der Waals surface area contributed by atoms with E-state index in [-0.39, 0.29) is 11.5 Å². The number of aryl methyl sites for hydroxylation is 1. The maximum atomic E-state index is 12.1. The highest BCUT2D eigenvalue weighted by molar-refractivity contribution is 5.89. The number of hydrogen-bond donors (Lipinski definition) is 2. The van der Waals surface area contributed by atoms with Crippen molar-refractivity contribution in [3.8, 4) is 0 Å². The lowest BCUT2D eigenvalue weighted by molar-refractivity contribution is 0.0505. The molecule has 0 radical (unpaired) electrons. The molecule has 2 aromatic rings. The number of fused-ring (bicyclic) bond motifs is 1. The maximum absolute atomic E-state index is 12.1. The van der Waals surface area contributed by atoms with Crippen molar-refractivity contribution >= 4 is 17.6 Å². The molecule has 0 saturated carbocycles. The van der Waals surface area contributed by atoms with Crippen LogP contribution in [0.25, 0.3) is 0 Å². The molecular weight excluding hydrogens is 306 g/mol. The molecule has 6 heteroatoms. The number of hydrogen-bond acceptors (Lipinski definition) is 5. The standard InChI is InChI=1S/C18H21N3O3/c1-2-11-24-17(23)12-7-9-13(10-8-12)19-18-20-15-6-4-3-5-14(15)16(22)21-18/h7-10H,2-6,11H2,1H3,(H2,19,20,21,22). The number of carbonyl (C=O) groups is 1. The van der Waals surface area contributed by atoms with Crippen LogP contribution in [-0.2, 0) is 17.6 Å². The zero-order chi connectivity index (χ0) is 16.9. The van der Waals surface area contributed by atoms with Crippen molar-refractivity contribution < 1.29 is 9.53 Å². The summed E-state index contributed by atoms with van der Waals surface area (Å²) in [5.74, 6) is 0.102. The minimum atomic E-state index is -0.330. The molecule has 1 aliphatic rings. The number of benzene rings is 1. The summed E-state index contributed by atoms with van der Waals surface area (Å²) in [6, 6.07) is 6.91. The van der Waals surface area contributed by atoms with E-state index in [4.69, 9.17) is 4.74 Å². The number of esters is 1. The number of rotatable bonds is 5. The molecule has 0 amide bonds. The number of nitrogens with one attached hydrogen (secondary N) is 2. The van der Waals surface area contributed by atoms with Crippen LogP contribution in [0, 0.1) is 0 Å². The molecule has 0 spiro atoms. The predicted octanol–water partition coefficient (Wildman–Crippen LogP) is 2.96. The summed E-state index contributed by atoms with van der Waals surface area (Å²) in [6.45, 7) is 2.37. The maximum Gasteiger partial charge on any atom is 0.338 e. The fraction of sp³-hybridized carbons (Fsp3) is 0.389. The van der Waals surface area contributed by atoms with Crippen molar-refractivity contribution in [2.45, 2.75) is 39.0 Å².